The lowest BCUT2D eigenvalue weighted by molar-refractivity contribution is -0.151. The summed E-state index contributed by atoms with van der Waals surface area (Å²) in [5.74, 6) is 0.0347. The summed E-state index contributed by atoms with van der Waals surface area (Å²) in [6, 6.07) is -0.407. The molecule has 2 aliphatic rings. The van der Waals surface area contributed by atoms with Gasteiger partial charge in [-0.05, 0) is 5.92 Å². The number of nitrogens with one attached hydrogen (secondary N) is 1. The van der Waals surface area contributed by atoms with Gasteiger partial charge in [0.05, 0.1) is 32.5 Å². The zero-order chi connectivity index (χ0) is 13.8. The molecule has 0 aromatic rings. The Morgan fingerprint density at radius 3 is 2.84 bits per heavy atom. The van der Waals surface area contributed by atoms with Gasteiger partial charge in [-0.3, -0.25) is 9.59 Å². The molecule has 0 saturated carbocycles. The van der Waals surface area contributed by atoms with Crippen molar-refractivity contribution >= 4 is 11.8 Å². The minimum absolute atomic E-state index is 0.0110. The van der Waals surface area contributed by atoms with Crippen molar-refractivity contribution in [1.29, 1.82) is 0 Å². The van der Waals surface area contributed by atoms with Crippen molar-refractivity contribution in [2.45, 2.75) is 32.4 Å². The minimum atomic E-state index is -0.407. The smallest absolute Gasteiger partial charge is 0.245 e. The number of rotatable bonds is 4. The van der Waals surface area contributed by atoms with Crippen LogP contribution in [0.4, 0.5) is 0 Å². The van der Waals surface area contributed by atoms with Crippen LogP contribution in [0.3, 0.4) is 0 Å². The first-order valence-electron chi connectivity index (χ1n) is 6.89. The van der Waals surface area contributed by atoms with Crippen molar-refractivity contribution in [1.82, 2.24) is 10.2 Å². The number of hydrogen-bond acceptors (Lipinski definition) is 4. The summed E-state index contributed by atoms with van der Waals surface area (Å²) < 4.78 is 10.9. The van der Waals surface area contributed by atoms with E-state index in [1.165, 1.54) is 0 Å². The molecule has 3 unspecified atom stereocenters. The molecule has 2 saturated heterocycles. The van der Waals surface area contributed by atoms with E-state index in [1.807, 2.05) is 13.8 Å². The van der Waals surface area contributed by atoms with Crippen LogP contribution in [0.2, 0.25) is 0 Å². The summed E-state index contributed by atoms with van der Waals surface area (Å²) in [4.78, 5) is 25.7. The Hall–Kier alpha value is -1.14. The van der Waals surface area contributed by atoms with Crippen LogP contribution in [-0.2, 0) is 19.1 Å². The van der Waals surface area contributed by atoms with Crippen LogP contribution in [0.25, 0.3) is 0 Å². The zero-order valence-electron chi connectivity index (χ0n) is 11.6. The molecule has 3 atom stereocenters. The van der Waals surface area contributed by atoms with Crippen LogP contribution in [0.1, 0.15) is 20.3 Å². The van der Waals surface area contributed by atoms with Gasteiger partial charge in [-0.2, -0.15) is 0 Å². The van der Waals surface area contributed by atoms with E-state index in [9.17, 15) is 9.59 Å². The number of piperazine rings is 1. The van der Waals surface area contributed by atoms with E-state index in [0.717, 1.165) is 6.42 Å². The lowest BCUT2D eigenvalue weighted by Crippen LogP contribution is -2.61. The summed E-state index contributed by atoms with van der Waals surface area (Å²) in [5.41, 5.74) is 0. The van der Waals surface area contributed by atoms with E-state index in [-0.39, 0.29) is 30.4 Å². The van der Waals surface area contributed by atoms with Crippen LogP contribution in [0, 0.1) is 5.92 Å². The fourth-order valence-electron chi connectivity index (χ4n) is 2.39. The Labute approximate surface area is 113 Å². The quantitative estimate of drug-likeness (QED) is 0.766. The molecule has 19 heavy (non-hydrogen) atoms. The molecule has 6 heteroatoms. The Balaban J connectivity index is 1.98. The molecule has 2 rings (SSSR count). The van der Waals surface area contributed by atoms with Crippen LogP contribution < -0.4 is 5.32 Å². The topological polar surface area (TPSA) is 67.9 Å². The highest BCUT2D eigenvalue weighted by atomic mass is 16.6. The summed E-state index contributed by atoms with van der Waals surface area (Å²) in [6.07, 6.45) is 0.731. The predicted molar refractivity (Wildman–Crippen MR) is 68.5 cm³/mol. The second-order valence-corrected chi connectivity index (χ2v) is 5.22. The molecule has 2 amide bonds. The molecule has 0 bridgehead atoms. The molecule has 2 fully saturated rings. The molecule has 1 N–H and O–H groups in total. The van der Waals surface area contributed by atoms with E-state index >= 15 is 0 Å². The molecule has 0 radical (unpaired) electrons. The van der Waals surface area contributed by atoms with Gasteiger partial charge in [0.15, 0.2) is 0 Å². The van der Waals surface area contributed by atoms with Gasteiger partial charge in [0.2, 0.25) is 11.8 Å². The lowest BCUT2D eigenvalue weighted by Gasteiger charge is -2.37. The maximum absolute atomic E-state index is 12.4. The summed E-state index contributed by atoms with van der Waals surface area (Å²) in [7, 11) is 0. The molecule has 6 nitrogen and oxygen atoms in total. The molecule has 0 aromatic carbocycles. The zero-order valence-corrected chi connectivity index (χ0v) is 11.6. The first-order valence-corrected chi connectivity index (χ1v) is 6.89. The molecule has 2 heterocycles. The van der Waals surface area contributed by atoms with Crippen LogP contribution in [0.5, 0.6) is 0 Å². The van der Waals surface area contributed by atoms with E-state index in [2.05, 4.69) is 5.32 Å². The molecule has 0 aromatic heterocycles. The molecule has 108 valence electrons. The number of ether oxygens (including phenoxy) is 2. The maximum Gasteiger partial charge on any atom is 0.245 e. The largest absolute Gasteiger partial charge is 0.376 e. The second-order valence-electron chi connectivity index (χ2n) is 5.22. The normalized spacial score (nSPS) is 30.1. The van der Waals surface area contributed by atoms with Crippen molar-refractivity contribution in [3.8, 4) is 0 Å². The minimum Gasteiger partial charge on any atom is -0.376 e. The van der Waals surface area contributed by atoms with Gasteiger partial charge in [-0.1, -0.05) is 20.3 Å². The molecular formula is C13H22N2O4. The maximum atomic E-state index is 12.4. The molecule has 0 spiro atoms. The van der Waals surface area contributed by atoms with Gasteiger partial charge < -0.3 is 19.7 Å². The van der Waals surface area contributed by atoms with Gasteiger partial charge >= 0.3 is 0 Å². The van der Waals surface area contributed by atoms with Gasteiger partial charge in [0.25, 0.3) is 0 Å². The fraction of sp³-hybridized carbons (Fsp3) is 0.846. The Morgan fingerprint density at radius 1 is 1.42 bits per heavy atom. The van der Waals surface area contributed by atoms with E-state index in [4.69, 9.17) is 9.47 Å². The van der Waals surface area contributed by atoms with E-state index in [1.54, 1.807) is 4.90 Å². The monoisotopic (exact) mass is 270 g/mol. The van der Waals surface area contributed by atoms with Crippen LogP contribution >= 0.6 is 0 Å². The van der Waals surface area contributed by atoms with Crippen molar-refractivity contribution < 1.29 is 19.1 Å². The van der Waals surface area contributed by atoms with E-state index in [0.29, 0.717) is 26.4 Å². The number of nitrogens with zero attached hydrogens (tertiary/aromatic N) is 1. The van der Waals surface area contributed by atoms with Gasteiger partial charge in [-0.25, -0.2) is 0 Å². The Kier molecular flexibility index (Phi) is 4.76. The number of carbonyl (C=O) groups excluding carboxylic acids is 2. The van der Waals surface area contributed by atoms with Gasteiger partial charge in [0.1, 0.15) is 6.04 Å². The first kappa shape index (κ1) is 14.3. The number of carbonyl (C=O) groups is 2. The SMILES string of the molecule is CCC(C)C1NC(=O)CN(CC2COCCO2)C1=O. The van der Waals surface area contributed by atoms with E-state index < -0.39 is 6.04 Å². The van der Waals surface area contributed by atoms with Gasteiger partial charge in [0, 0.05) is 6.54 Å². The van der Waals surface area contributed by atoms with Crippen molar-refractivity contribution in [3.05, 3.63) is 0 Å². The average molecular weight is 270 g/mol. The van der Waals surface area contributed by atoms with Crippen LogP contribution in [0.15, 0.2) is 0 Å². The van der Waals surface area contributed by atoms with Crippen molar-refractivity contribution in [2.24, 2.45) is 5.92 Å². The third kappa shape index (κ3) is 3.45. The second kappa shape index (κ2) is 6.34. The number of amides is 2. The summed E-state index contributed by atoms with van der Waals surface area (Å²) in [6.45, 7) is 6.17. The molecule has 0 aliphatic carbocycles. The number of hydrogen-bond donors (Lipinski definition) is 1. The highest BCUT2D eigenvalue weighted by molar-refractivity contribution is 5.95. The molecule has 2 aliphatic heterocycles. The third-order valence-corrected chi connectivity index (χ3v) is 3.75. The third-order valence-electron chi connectivity index (χ3n) is 3.75. The Morgan fingerprint density at radius 2 is 2.21 bits per heavy atom. The lowest BCUT2D eigenvalue weighted by atomic mass is 9.96. The van der Waals surface area contributed by atoms with Crippen molar-refractivity contribution in [3.63, 3.8) is 0 Å². The standard InChI is InChI=1S/C13H22N2O4/c1-3-9(2)12-13(17)15(7-11(16)14-12)6-10-8-18-4-5-19-10/h9-10,12H,3-8H2,1-2H3,(H,14,16). The summed E-state index contributed by atoms with van der Waals surface area (Å²) in [5, 5.41) is 2.78. The Bertz CT molecular complexity index is 342. The fourth-order valence-corrected chi connectivity index (χ4v) is 2.39. The van der Waals surface area contributed by atoms with Crippen molar-refractivity contribution in [2.75, 3.05) is 32.9 Å². The summed E-state index contributed by atoms with van der Waals surface area (Å²) >= 11 is 0. The molecular weight excluding hydrogens is 248 g/mol. The first-order chi connectivity index (χ1) is 9.11. The van der Waals surface area contributed by atoms with Crippen LogP contribution in [-0.4, -0.2) is 61.8 Å². The average Bonchev–Trinajstić information content (AvgIpc) is 2.42. The highest BCUT2D eigenvalue weighted by Gasteiger charge is 2.36. The van der Waals surface area contributed by atoms with Gasteiger partial charge in [-0.15, -0.1) is 0 Å². The highest BCUT2D eigenvalue weighted by Crippen LogP contribution is 2.15. The predicted octanol–water partition coefficient (Wildman–Crippen LogP) is -0.225.